The van der Waals surface area contributed by atoms with E-state index in [9.17, 15) is 5.11 Å². The van der Waals surface area contributed by atoms with Gasteiger partial charge in [-0.15, -0.1) is 0 Å². The lowest BCUT2D eigenvalue weighted by atomic mass is 9.75. The van der Waals surface area contributed by atoms with Crippen molar-refractivity contribution in [3.05, 3.63) is 233 Å². The molecule has 1 unspecified atom stereocenters. The Morgan fingerprint density at radius 3 is 1.27 bits per heavy atom. The van der Waals surface area contributed by atoms with E-state index >= 15 is 0 Å². The molecule has 0 aliphatic heterocycles. The molecule has 6 aromatic carbocycles. The Balaban J connectivity index is 1.45. The van der Waals surface area contributed by atoms with Crippen LogP contribution in [0.25, 0.3) is 0 Å². The zero-order valence-corrected chi connectivity index (χ0v) is 29.9. The Morgan fingerprint density at radius 2 is 0.923 bits per heavy atom. The van der Waals surface area contributed by atoms with E-state index in [1.54, 1.807) is 0 Å². The van der Waals surface area contributed by atoms with Crippen molar-refractivity contribution in [1.82, 2.24) is 14.9 Å². The van der Waals surface area contributed by atoms with Crippen LogP contribution in [-0.2, 0) is 23.9 Å². The van der Waals surface area contributed by atoms with E-state index in [-0.39, 0.29) is 12.6 Å². The molecule has 4 heteroatoms. The van der Waals surface area contributed by atoms with Gasteiger partial charge in [-0.25, -0.2) is 4.98 Å². The SMILES string of the molecule is CCCCc1ncc(CC(CO)NC(c2ccccc2)(c2ccccc2)c2ccccc2)n1C(c1ccccc1)(c1ccccc1)c1ccccc1. The van der Waals surface area contributed by atoms with Crippen molar-refractivity contribution >= 4 is 0 Å². The average molecular weight is 682 g/mol. The van der Waals surface area contributed by atoms with Crippen LogP contribution in [0, 0.1) is 0 Å². The van der Waals surface area contributed by atoms with Gasteiger partial charge in [-0.05, 0) is 39.8 Å². The molecular formula is C48H47N3O. The van der Waals surface area contributed by atoms with Crippen LogP contribution in [0.1, 0.15) is 64.7 Å². The summed E-state index contributed by atoms with van der Waals surface area (Å²) in [6.45, 7) is 2.16. The fraction of sp³-hybridized carbons (Fsp3) is 0.188. The van der Waals surface area contributed by atoms with Gasteiger partial charge in [-0.1, -0.05) is 195 Å². The Morgan fingerprint density at radius 1 is 0.558 bits per heavy atom. The Bertz CT molecular complexity index is 1910. The molecule has 1 heterocycles. The maximum Gasteiger partial charge on any atom is 0.122 e. The molecule has 7 aromatic rings. The van der Waals surface area contributed by atoms with E-state index in [0.717, 1.165) is 64.2 Å². The van der Waals surface area contributed by atoms with Crippen LogP contribution in [0.2, 0.25) is 0 Å². The maximum atomic E-state index is 11.4. The second-order valence-electron chi connectivity index (χ2n) is 13.5. The van der Waals surface area contributed by atoms with Gasteiger partial charge in [0.2, 0.25) is 0 Å². The first-order chi connectivity index (χ1) is 25.7. The minimum atomic E-state index is -0.734. The van der Waals surface area contributed by atoms with E-state index in [2.05, 4.69) is 199 Å². The molecule has 1 atom stereocenters. The van der Waals surface area contributed by atoms with Gasteiger partial charge in [0.05, 0.1) is 12.1 Å². The van der Waals surface area contributed by atoms with Gasteiger partial charge in [0.1, 0.15) is 11.4 Å². The van der Waals surface area contributed by atoms with E-state index in [1.807, 2.05) is 6.20 Å². The molecule has 0 aliphatic rings. The maximum absolute atomic E-state index is 11.4. The molecule has 0 spiro atoms. The normalized spacial score (nSPS) is 12.4. The molecule has 1 aromatic heterocycles. The number of unbranched alkanes of at least 4 members (excludes halogenated alkanes) is 1. The first-order valence-corrected chi connectivity index (χ1v) is 18.5. The highest BCUT2D eigenvalue weighted by atomic mass is 16.3. The van der Waals surface area contributed by atoms with Crippen molar-refractivity contribution in [3.8, 4) is 0 Å². The number of aliphatic hydroxyl groups is 1. The van der Waals surface area contributed by atoms with Gasteiger partial charge in [0.15, 0.2) is 0 Å². The van der Waals surface area contributed by atoms with E-state index in [4.69, 9.17) is 4.98 Å². The highest BCUT2D eigenvalue weighted by Crippen LogP contribution is 2.43. The summed E-state index contributed by atoms with van der Waals surface area (Å²) in [5.41, 5.74) is 6.40. The van der Waals surface area contributed by atoms with Crippen LogP contribution >= 0.6 is 0 Å². The molecule has 2 N–H and O–H groups in total. The molecule has 0 saturated heterocycles. The minimum Gasteiger partial charge on any atom is -0.395 e. The molecule has 0 saturated carbocycles. The molecule has 52 heavy (non-hydrogen) atoms. The van der Waals surface area contributed by atoms with Crippen molar-refractivity contribution < 1.29 is 5.11 Å². The smallest absolute Gasteiger partial charge is 0.122 e. The summed E-state index contributed by atoms with van der Waals surface area (Å²) >= 11 is 0. The summed E-state index contributed by atoms with van der Waals surface area (Å²) in [4.78, 5) is 5.21. The molecule has 0 fully saturated rings. The number of nitrogens with one attached hydrogen (secondary N) is 1. The predicted molar refractivity (Wildman–Crippen MR) is 212 cm³/mol. The quantitative estimate of drug-likeness (QED) is 0.106. The number of hydrogen-bond acceptors (Lipinski definition) is 3. The summed E-state index contributed by atoms with van der Waals surface area (Å²) in [7, 11) is 0. The Labute approximate surface area is 308 Å². The number of aromatic nitrogens is 2. The molecule has 7 rings (SSSR count). The molecule has 260 valence electrons. The van der Waals surface area contributed by atoms with Gasteiger partial charge in [-0.3, -0.25) is 5.32 Å². The third-order valence-electron chi connectivity index (χ3n) is 10.3. The van der Waals surface area contributed by atoms with Gasteiger partial charge >= 0.3 is 0 Å². The van der Waals surface area contributed by atoms with Crippen LogP contribution in [0.5, 0.6) is 0 Å². The van der Waals surface area contributed by atoms with Crippen LogP contribution in [0.3, 0.4) is 0 Å². The summed E-state index contributed by atoms with van der Waals surface area (Å²) in [6, 6.07) is 63.9. The predicted octanol–water partition coefficient (Wildman–Crippen LogP) is 9.55. The van der Waals surface area contributed by atoms with Gasteiger partial charge in [-0.2, -0.15) is 0 Å². The monoisotopic (exact) mass is 681 g/mol. The molecule has 0 radical (unpaired) electrons. The van der Waals surface area contributed by atoms with E-state index in [0.29, 0.717) is 6.42 Å². The van der Waals surface area contributed by atoms with Crippen LogP contribution in [0.15, 0.2) is 188 Å². The largest absolute Gasteiger partial charge is 0.395 e. The Hall–Kier alpha value is -5.55. The second-order valence-corrected chi connectivity index (χ2v) is 13.5. The number of benzene rings is 6. The number of aliphatic hydroxyl groups excluding tert-OH is 1. The van der Waals surface area contributed by atoms with Crippen molar-refractivity contribution in [2.75, 3.05) is 6.61 Å². The number of hydrogen-bond donors (Lipinski definition) is 2. The summed E-state index contributed by atoms with van der Waals surface area (Å²) < 4.78 is 2.49. The molecule has 0 bridgehead atoms. The third-order valence-corrected chi connectivity index (χ3v) is 10.3. The fourth-order valence-corrected chi connectivity index (χ4v) is 7.95. The van der Waals surface area contributed by atoms with Gasteiger partial charge < -0.3 is 9.67 Å². The number of imidazole rings is 1. The van der Waals surface area contributed by atoms with Crippen LogP contribution in [-0.4, -0.2) is 27.3 Å². The van der Waals surface area contributed by atoms with Crippen molar-refractivity contribution in [3.63, 3.8) is 0 Å². The zero-order chi connectivity index (χ0) is 35.6. The molecular weight excluding hydrogens is 635 g/mol. The van der Waals surface area contributed by atoms with Crippen LogP contribution < -0.4 is 5.32 Å². The van der Waals surface area contributed by atoms with Gasteiger partial charge in [0.25, 0.3) is 0 Å². The van der Waals surface area contributed by atoms with Crippen molar-refractivity contribution in [2.45, 2.75) is 49.7 Å². The van der Waals surface area contributed by atoms with E-state index in [1.165, 1.54) is 0 Å². The highest BCUT2D eigenvalue weighted by Gasteiger charge is 2.43. The zero-order valence-electron chi connectivity index (χ0n) is 29.9. The summed E-state index contributed by atoms with van der Waals surface area (Å²) in [5, 5.41) is 15.5. The number of rotatable bonds is 15. The lowest BCUT2D eigenvalue weighted by Crippen LogP contribution is -2.52. The topological polar surface area (TPSA) is 50.1 Å². The van der Waals surface area contributed by atoms with E-state index < -0.39 is 11.1 Å². The lowest BCUT2D eigenvalue weighted by molar-refractivity contribution is 0.218. The van der Waals surface area contributed by atoms with Crippen molar-refractivity contribution in [2.24, 2.45) is 0 Å². The Kier molecular flexibility index (Phi) is 10.9. The number of nitrogens with zero attached hydrogens (tertiary/aromatic N) is 2. The second kappa shape index (κ2) is 16.2. The lowest BCUT2D eigenvalue weighted by Gasteiger charge is -2.42. The minimum absolute atomic E-state index is 0.0707. The molecule has 0 aliphatic carbocycles. The highest BCUT2D eigenvalue weighted by molar-refractivity contribution is 5.53. The first kappa shape index (κ1) is 34.9. The molecule has 4 nitrogen and oxygen atoms in total. The fourth-order valence-electron chi connectivity index (χ4n) is 7.95. The summed E-state index contributed by atoms with van der Waals surface area (Å²) in [6.07, 6.45) is 5.51. The standard InChI is InChI=1S/C48H47N3O/c1-2-3-34-46-49-36-45(51(46)48(41-28-16-7-17-29-41,42-30-18-8-19-31-42)43-32-20-9-21-33-43)35-44(37-52)50-47(38-22-10-4-11-23-38,39-24-12-5-13-25-39)40-26-14-6-15-27-40/h4-33,36,44,50,52H,2-3,34-35,37H2,1H3. The first-order valence-electron chi connectivity index (χ1n) is 18.5. The van der Waals surface area contributed by atoms with Gasteiger partial charge in [0, 0.05) is 30.8 Å². The molecule has 0 amide bonds. The third kappa shape index (κ3) is 6.64. The average Bonchev–Trinajstić information content (AvgIpc) is 3.63. The number of aryl methyl sites for hydroxylation is 1. The summed E-state index contributed by atoms with van der Waals surface area (Å²) in [5.74, 6) is 1.03. The van der Waals surface area contributed by atoms with Crippen LogP contribution in [0.4, 0.5) is 0 Å². The van der Waals surface area contributed by atoms with Crippen molar-refractivity contribution in [1.29, 1.82) is 0 Å².